The predicted octanol–water partition coefficient (Wildman–Crippen LogP) is 4.01. The molecule has 102 valence electrons. The molecule has 0 aliphatic rings. The number of carbonyl (C=O) groups is 2. The number of amides is 1. The SMILES string of the molecule is CC(=O)Nc1ccccc1Oc1ccc(Br)cc1C=O. The molecular formula is C15H12BrNO3. The van der Waals surface area contributed by atoms with Crippen LogP contribution in [-0.2, 0) is 4.79 Å². The summed E-state index contributed by atoms with van der Waals surface area (Å²) in [7, 11) is 0. The van der Waals surface area contributed by atoms with Crippen LogP contribution in [0.3, 0.4) is 0 Å². The van der Waals surface area contributed by atoms with Crippen molar-refractivity contribution in [3.05, 3.63) is 52.5 Å². The quantitative estimate of drug-likeness (QED) is 0.860. The topological polar surface area (TPSA) is 55.4 Å². The van der Waals surface area contributed by atoms with Crippen molar-refractivity contribution in [3.8, 4) is 11.5 Å². The summed E-state index contributed by atoms with van der Waals surface area (Å²) >= 11 is 3.30. The fourth-order valence-corrected chi connectivity index (χ4v) is 2.05. The first-order chi connectivity index (χ1) is 9.60. The highest BCUT2D eigenvalue weighted by Gasteiger charge is 2.09. The second kappa shape index (κ2) is 6.34. The first kappa shape index (κ1) is 14.3. The lowest BCUT2D eigenvalue weighted by molar-refractivity contribution is -0.114. The molecule has 0 fully saturated rings. The zero-order valence-electron chi connectivity index (χ0n) is 10.7. The molecule has 0 aliphatic carbocycles. The number of para-hydroxylation sites is 2. The van der Waals surface area contributed by atoms with E-state index in [9.17, 15) is 9.59 Å². The molecule has 0 saturated carbocycles. The van der Waals surface area contributed by atoms with Gasteiger partial charge >= 0.3 is 0 Å². The molecule has 2 aromatic carbocycles. The largest absolute Gasteiger partial charge is 0.454 e. The zero-order valence-corrected chi connectivity index (χ0v) is 12.3. The fraction of sp³-hybridized carbons (Fsp3) is 0.0667. The van der Waals surface area contributed by atoms with E-state index in [1.807, 2.05) is 0 Å². The maximum Gasteiger partial charge on any atom is 0.221 e. The molecule has 0 heterocycles. The van der Waals surface area contributed by atoms with Gasteiger partial charge in [-0.3, -0.25) is 9.59 Å². The molecule has 2 aromatic rings. The van der Waals surface area contributed by atoms with Gasteiger partial charge in [-0.25, -0.2) is 0 Å². The van der Waals surface area contributed by atoms with E-state index in [4.69, 9.17) is 4.74 Å². The van der Waals surface area contributed by atoms with Crippen LogP contribution in [-0.4, -0.2) is 12.2 Å². The summed E-state index contributed by atoms with van der Waals surface area (Å²) in [6.07, 6.45) is 0.723. The fourth-order valence-electron chi connectivity index (χ4n) is 1.67. The van der Waals surface area contributed by atoms with Crippen molar-refractivity contribution in [2.45, 2.75) is 6.92 Å². The number of hydrogen-bond donors (Lipinski definition) is 1. The smallest absolute Gasteiger partial charge is 0.221 e. The normalized spacial score (nSPS) is 9.90. The second-order valence-electron chi connectivity index (χ2n) is 4.08. The van der Waals surface area contributed by atoms with Gasteiger partial charge in [-0.15, -0.1) is 0 Å². The number of nitrogens with one attached hydrogen (secondary N) is 1. The first-order valence-electron chi connectivity index (χ1n) is 5.89. The Balaban J connectivity index is 2.35. The van der Waals surface area contributed by atoms with Crippen LogP contribution >= 0.6 is 15.9 Å². The maximum absolute atomic E-state index is 11.2. The molecule has 0 atom stereocenters. The van der Waals surface area contributed by atoms with Gasteiger partial charge in [0.05, 0.1) is 11.3 Å². The van der Waals surface area contributed by atoms with Crippen LogP contribution in [0, 0.1) is 0 Å². The number of halogens is 1. The van der Waals surface area contributed by atoms with Crippen molar-refractivity contribution in [2.24, 2.45) is 0 Å². The molecule has 0 bridgehead atoms. The Morgan fingerprint density at radius 2 is 1.95 bits per heavy atom. The number of carbonyl (C=O) groups excluding carboxylic acids is 2. The summed E-state index contributed by atoms with van der Waals surface area (Å²) in [6, 6.07) is 12.2. The Morgan fingerprint density at radius 3 is 2.65 bits per heavy atom. The molecule has 5 heteroatoms. The highest BCUT2D eigenvalue weighted by molar-refractivity contribution is 9.10. The number of ether oxygens (including phenoxy) is 1. The monoisotopic (exact) mass is 333 g/mol. The summed E-state index contributed by atoms with van der Waals surface area (Å²) in [6.45, 7) is 1.42. The highest BCUT2D eigenvalue weighted by atomic mass is 79.9. The summed E-state index contributed by atoms with van der Waals surface area (Å²) in [4.78, 5) is 22.2. The lowest BCUT2D eigenvalue weighted by Gasteiger charge is -2.12. The summed E-state index contributed by atoms with van der Waals surface area (Å²) in [5.74, 6) is 0.724. The lowest BCUT2D eigenvalue weighted by Crippen LogP contribution is -2.06. The van der Waals surface area contributed by atoms with Crippen LogP contribution < -0.4 is 10.1 Å². The van der Waals surface area contributed by atoms with Gasteiger partial charge in [0, 0.05) is 11.4 Å². The van der Waals surface area contributed by atoms with Crippen molar-refractivity contribution in [2.75, 3.05) is 5.32 Å². The van der Waals surface area contributed by atoms with Crippen LogP contribution in [0.4, 0.5) is 5.69 Å². The maximum atomic E-state index is 11.2. The van der Waals surface area contributed by atoms with Gasteiger partial charge in [0.25, 0.3) is 0 Å². The first-order valence-corrected chi connectivity index (χ1v) is 6.68. The van der Waals surface area contributed by atoms with E-state index in [1.54, 1.807) is 42.5 Å². The molecule has 0 spiro atoms. The van der Waals surface area contributed by atoms with Crippen LogP contribution in [0.25, 0.3) is 0 Å². The zero-order chi connectivity index (χ0) is 14.5. The van der Waals surface area contributed by atoms with Gasteiger partial charge in [0.1, 0.15) is 5.75 Å². The Kier molecular flexibility index (Phi) is 4.53. The van der Waals surface area contributed by atoms with Crippen LogP contribution in [0.1, 0.15) is 17.3 Å². The minimum absolute atomic E-state index is 0.188. The average molecular weight is 334 g/mol. The van der Waals surface area contributed by atoms with Crippen molar-refractivity contribution < 1.29 is 14.3 Å². The molecule has 0 radical (unpaired) electrons. The number of anilines is 1. The molecule has 4 nitrogen and oxygen atoms in total. The molecule has 0 unspecified atom stereocenters. The van der Waals surface area contributed by atoms with Gasteiger partial charge in [0.2, 0.25) is 5.91 Å². The highest BCUT2D eigenvalue weighted by Crippen LogP contribution is 2.32. The molecule has 1 N–H and O–H groups in total. The Morgan fingerprint density at radius 1 is 1.20 bits per heavy atom. The van der Waals surface area contributed by atoms with Crippen molar-refractivity contribution in [3.63, 3.8) is 0 Å². The molecule has 2 rings (SSSR count). The third kappa shape index (κ3) is 3.45. The van der Waals surface area contributed by atoms with Crippen molar-refractivity contribution in [1.29, 1.82) is 0 Å². The molecule has 0 saturated heterocycles. The van der Waals surface area contributed by atoms with Crippen molar-refractivity contribution >= 4 is 33.8 Å². The van der Waals surface area contributed by atoms with Crippen molar-refractivity contribution in [1.82, 2.24) is 0 Å². The van der Waals surface area contributed by atoms with Gasteiger partial charge in [-0.05, 0) is 30.3 Å². The molecule has 0 aliphatic heterocycles. The van der Waals surface area contributed by atoms with E-state index >= 15 is 0 Å². The lowest BCUT2D eigenvalue weighted by atomic mass is 10.2. The van der Waals surface area contributed by atoms with E-state index in [2.05, 4.69) is 21.2 Å². The van der Waals surface area contributed by atoms with E-state index in [0.29, 0.717) is 22.7 Å². The Hall–Kier alpha value is -2.14. The minimum atomic E-state index is -0.188. The van der Waals surface area contributed by atoms with Crippen LogP contribution in [0.2, 0.25) is 0 Å². The van der Waals surface area contributed by atoms with Gasteiger partial charge in [-0.1, -0.05) is 28.1 Å². The van der Waals surface area contributed by atoms with Crippen LogP contribution in [0.15, 0.2) is 46.9 Å². The summed E-state index contributed by atoms with van der Waals surface area (Å²) < 4.78 is 6.51. The Bertz CT molecular complexity index is 655. The molecule has 0 aromatic heterocycles. The predicted molar refractivity (Wildman–Crippen MR) is 80.3 cm³/mol. The molecular weight excluding hydrogens is 322 g/mol. The standard InChI is InChI=1S/C15H12BrNO3/c1-10(19)17-13-4-2-3-5-15(13)20-14-7-6-12(16)8-11(14)9-18/h2-9H,1H3,(H,17,19). The van der Waals surface area contributed by atoms with Gasteiger partial charge < -0.3 is 10.1 Å². The minimum Gasteiger partial charge on any atom is -0.454 e. The number of benzene rings is 2. The number of hydrogen-bond acceptors (Lipinski definition) is 3. The Labute approximate surface area is 124 Å². The van der Waals surface area contributed by atoms with Crippen LogP contribution in [0.5, 0.6) is 11.5 Å². The molecule has 20 heavy (non-hydrogen) atoms. The van der Waals surface area contributed by atoms with E-state index in [0.717, 1.165) is 10.8 Å². The van der Waals surface area contributed by atoms with E-state index in [1.165, 1.54) is 6.92 Å². The summed E-state index contributed by atoms with van der Waals surface area (Å²) in [5, 5.41) is 2.68. The molecule has 1 amide bonds. The van der Waals surface area contributed by atoms with Gasteiger partial charge in [-0.2, -0.15) is 0 Å². The third-order valence-electron chi connectivity index (χ3n) is 2.52. The second-order valence-corrected chi connectivity index (χ2v) is 5.00. The average Bonchev–Trinajstić information content (AvgIpc) is 2.42. The number of rotatable bonds is 4. The van der Waals surface area contributed by atoms with E-state index < -0.39 is 0 Å². The third-order valence-corrected chi connectivity index (χ3v) is 3.01. The summed E-state index contributed by atoms with van der Waals surface area (Å²) in [5.41, 5.74) is 0.983. The van der Waals surface area contributed by atoms with E-state index in [-0.39, 0.29) is 5.91 Å². The van der Waals surface area contributed by atoms with Gasteiger partial charge in [0.15, 0.2) is 12.0 Å². The number of aldehydes is 1.